The number of carbonyl (C=O) groups is 1. The van der Waals surface area contributed by atoms with Gasteiger partial charge in [0.05, 0.1) is 28.3 Å². The molecule has 10 heteroatoms. The first-order valence-electron chi connectivity index (χ1n) is 12.7. The van der Waals surface area contributed by atoms with Crippen molar-refractivity contribution in [1.82, 2.24) is 15.2 Å². The lowest BCUT2D eigenvalue weighted by molar-refractivity contribution is -0.130. The van der Waals surface area contributed by atoms with Crippen molar-refractivity contribution in [3.8, 4) is 11.5 Å². The van der Waals surface area contributed by atoms with Crippen LogP contribution in [0.15, 0.2) is 16.9 Å². The highest BCUT2D eigenvalue weighted by Gasteiger charge is 2.48. The molecule has 200 valence electrons. The minimum Gasteiger partial charge on any atom is -0.448 e. The van der Waals surface area contributed by atoms with E-state index in [1.165, 1.54) is 0 Å². The van der Waals surface area contributed by atoms with Crippen LogP contribution in [0.25, 0.3) is 0 Å². The molecule has 2 aliphatic heterocycles. The van der Waals surface area contributed by atoms with Gasteiger partial charge in [-0.25, -0.2) is 0 Å². The number of rotatable bonds is 6. The molecular formula is C27H33Cl2N3O5. The average molecular weight is 550 g/mol. The highest BCUT2D eigenvalue weighted by Crippen LogP contribution is 2.51. The number of ether oxygens (including phenoxy) is 3. The molecule has 1 aromatic carbocycles. The molecule has 0 bridgehead atoms. The maximum Gasteiger partial charge on any atom is 0.254 e. The smallest absolute Gasteiger partial charge is 0.254 e. The number of hydrogen-bond donors (Lipinski definition) is 2. The van der Waals surface area contributed by atoms with E-state index >= 15 is 0 Å². The predicted molar refractivity (Wildman–Crippen MR) is 142 cm³/mol. The fraction of sp³-hybridized carbons (Fsp3) is 0.556. The highest BCUT2D eigenvalue weighted by molar-refractivity contribution is 6.33. The van der Waals surface area contributed by atoms with Crippen LogP contribution in [0.3, 0.4) is 0 Å². The molecule has 0 unspecified atom stereocenters. The summed E-state index contributed by atoms with van der Waals surface area (Å²) in [5, 5.41) is 3.41. The summed E-state index contributed by atoms with van der Waals surface area (Å²) < 4.78 is 18.2. The van der Waals surface area contributed by atoms with E-state index in [0.717, 1.165) is 38.8 Å². The molecule has 1 atom stereocenters. The van der Waals surface area contributed by atoms with Crippen LogP contribution in [0.5, 0.6) is 11.5 Å². The topological polar surface area (TPSA) is 92.9 Å². The van der Waals surface area contributed by atoms with Gasteiger partial charge in [-0.1, -0.05) is 23.2 Å². The lowest BCUT2D eigenvalue weighted by Gasteiger charge is -2.47. The molecule has 3 heterocycles. The maximum atomic E-state index is 13.1. The van der Waals surface area contributed by atoms with Gasteiger partial charge in [-0.05, 0) is 51.7 Å². The Hall–Kier alpha value is -2.26. The van der Waals surface area contributed by atoms with E-state index in [1.54, 1.807) is 26.2 Å². The quantitative estimate of drug-likeness (QED) is 0.546. The predicted octanol–water partition coefficient (Wildman–Crippen LogP) is 4.61. The number of likely N-dealkylation sites (tertiary alicyclic amines) is 1. The van der Waals surface area contributed by atoms with Crippen LogP contribution in [0.4, 0.5) is 0 Å². The molecule has 2 N–H and O–H groups in total. The number of fused-ring (bicyclic) bond motifs is 1. The number of methoxy groups -OCH3 is 1. The molecule has 5 rings (SSSR count). The second-order valence-corrected chi connectivity index (χ2v) is 11.3. The summed E-state index contributed by atoms with van der Waals surface area (Å²) in [6.07, 6.45) is 4.50. The number of nitrogens with zero attached hydrogens (tertiary/aromatic N) is 1. The summed E-state index contributed by atoms with van der Waals surface area (Å²) in [6.45, 7) is 7.52. The Morgan fingerprint density at radius 3 is 2.46 bits per heavy atom. The third-order valence-electron chi connectivity index (χ3n) is 8.10. The Labute approximate surface area is 226 Å². The van der Waals surface area contributed by atoms with E-state index < -0.39 is 5.79 Å². The van der Waals surface area contributed by atoms with Crippen molar-refractivity contribution in [2.75, 3.05) is 20.2 Å². The number of benzene rings is 1. The molecule has 1 saturated heterocycles. The van der Waals surface area contributed by atoms with Crippen LogP contribution < -0.4 is 20.3 Å². The number of aromatic amines is 1. The molecule has 1 aromatic heterocycles. The lowest BCUT2D eigenvalue weighted by Crippen LogP contribution is -2.57. The Morgan fingerprint density at radius 2 is 1.81 bits per heavy atom. The number of hydrogen-bond acceptors (Lipinski definition) is 6. The third kappa shape index (κ3) is 4.97. The number of aromatic nitrogens is 1. The summed E-state index contributed by atoms with van der Waals surface area (Å²) in [7, 11) is 1.77. The van der Waals surface area contributed by atoms with Crippen LogP contribution in [0.1, 0.15) is 59.8 Å². The van der Waals surface area contributed by atoms with E-state index in [-0.39, 0.29) is 23.9 Å². The van der Waals surface area contributed by atoms with Gasteiger partial charge < -0.3 is 24.5 Å². The molecule has 1 saturated carbocycles. The molecule has 1 aliphatic carbocycles. The number of H-pyrrole nitrogens is 1. The molecular weight excluding hydrogens is 517 g/mol. The largest absolute Gasteiger partial charge is 0.448 e. The van der Waals surface area contributed by atoms with Gasteiger partial charge in [-0.3, -0.25) is 14.5 Å². The van der Waals surface area contributed by atoms with E-state index in [9.17, 15) is 9.59 Å². The van der Waals surface area contributed by atoms with Crippen LogP contribution in [-0.4, -0.2) is 53.9 Å². The molecule has 0 radical (unpaired) electrons. The first kappa shape index (κ1) is 26.4. The van der Waals surface area contributed by atoms with Crippen LogP contribution in [0, 0.1) is 19.8 Å². The number of halogens is 2. The molecule has 37 heavy (non-hydrogen) atoms. The van der Waals surface area contributed by atoms with E-state index in [1.807, 2.05) is 13.8 Å². The molecule has 2 aromatic rings. The van der Waals surface area contributed by atoms with Crippen molar-refractivity contribution < 1.29 is 19.0 Å². The minimum absolute atomic E-state index is 0.0120. The summed E-state index contributed by atoms with van der Waals surface area (Å²) >= 11 is 12.8. The molecule has 1 amide bonds. The Kier molecular flexibility index (Phi) is 7.22. The van der Waals surface area contributed by atoms with Gasteiger partial charge in [0.2, 0.25) is 0 Å². The molecule has 2 fully saturated rings. The Balaban J connectivity index is 1.27. The van der Waals surface area contributed by atoms with Gasteiger partial charge in [0.25, 0.3) is 17.3 Å². The SMILES string of the molecule is COC1CN(C2CCC([C@@]3(C)Oc4c(Cl)cc(C(=O)NCc5c(Cl)cc(C)[nH]c5=O)c(C)c4O3)CC2)C1. The van der Waals surface area contributed by atoms with E-state index in [4.69, 9.17) is 37.4 Å². The maximum absolute atomic E-state index is 13.1. The Bertz CT molecular complexity index is 1270. The number of nitrogens with one attached hydrogen (secondary N) is 2. The molecule has 8 nitrogen and oxygen atoms in total. The second-order valence-electron chi connectivity index (χ2n) is 10.5. The fourth-order valence-corrected chi connectivity index (χ4v) is 6.29. The number of aryl methyl sites for hydroxylation is 1. The van der Waals surface area contributed by atoms with Gasteiger partial charge in [-0.15, -0.1) is 0 Å². The van der Waals surface area contributed by atoms with E-state index in [2.05, 4.69) is 15.2 Å². The second kappa shape index (κ2) is 10.1. The van der Waals surface area contributed by atoms with E-state index in [0.29, 0.717) is 56.1 Å². The number of carbonyl (C=O) groups excluding carboxylic acids is 1. The van der Waals surface area contributed by atoms with Crippen molar-refractivity contribution in [3.05, 3.63) is 54.9 Å². The first-order chi connectivity index (χ1) is 17.6. The Morgan fingerprint density at radius 1 is 1.14 bits per heavy atom. The van der Waals surface area contributed by atoms with Crippen molar-refractivity contribution >= 4 is 29.1 Å². The van der Waals surface area contributed by atoms with Crippen molar-refractivity contribution in [1.29, 1.82) is 0 Å². The normalized spacial score (nSPS) is 25.7. The summed E-state index contributed by atoms with van der Waals surface area (Å²) in [4.78, 5) is 30.5. The third-order valence-corrected chi connectivity index (χ3v) is 8.72. The number of amides is 1. The minimum atomic E-state index is -0.844. The van der Waals surface area contributed by atoms with Crippen LogP contribution in [-0.2, 0) is 11.3 Å². The van der Waals surface area contributed by atoms with Crippen LogP contribution >= 0.6 is 23.2 Å². The van der Waals surface area contributed by atoms with Gasteiger partial charge in [0, 0.05) is 55.9 Å². The van der Waals surface area contributed by atoms with Gasteiger partial charge in [-0.2, -0.15) is 0 Å². The first-order valence-corrected chi connectivity index (χ1v) is 13.5. The van der Waals surface area contributed by atoms with Crippen LogP contribution in [0.2, 0.25) is 10.0 Å². The van der Waals surface area contributed by atoms with Gasteiger partial charge in [0.15, 0.2) is 11.5 Å². The monoisotopic (exact) mass is 549 g/mol. The summed E-state index contributed by atoms with van der Waals surface area (Å²) in [5.41, 5.74) is 1.63. The number of pyridine rings is 1. The molecule has 3 aliphatic rings. The summed E-state index contributed by atoms with van der Waals surface area (Å²) in [6, 6.07) is 3.82. The summed E-state index contributed by atoms with van der Waals surface area (Å²) in [5.74, 6) is -0.0364. The average Bonchev–Trinajstić information content (AvgIpc) is 3.20. The zero-order chi connectivity index (χ0) is 26.5. The zero-order valence-corrected chi connectivity index (χ0v) is 23.1. The molecule has 0 spiro atoms. The highest BCUT2D eigenvalue weighted by atomic mass is 35.5. The standard InChI is InChI=1S/C27H33Cl2N3O5/c1-14-9-21(28)20(26(34)31-14)11-30-25(33)19-10-22(29)24-23(15(19)2)36-27(3,37-24)16-5-7-17(8-6-16)32-12-18(13-32)35-4/h9-10,16-18H,5-8,11-13H2,1-4H3,(H,30,33)(H,31,34)/t16?,17?,27-/m1/s1. The van der Waals surface area contributed by atoms with Crippen molar-refractivity contribution in [3.63, 3.8) is 0 Å². The van der Waals surface area contributed by atoms with Crippen molar-refractivity contribution in [2.24, 2.45) is 5.92 Å². The van der Waals surface area contributed by atoms with Crippen molar-refractivity contribution in [2.45, 2.75) is 70.9 Å². The zero-order valence-electron chi connectivity index (χ0n) is 21.6. The lowest BCUT2D eigenvalue weighted by atomic mass is 9.80. The van der Waals surface area contributed by atoms with Gasteiger partial charge >= 0.3 is 0 Å². The van der Waals surface area contributed by atoms with Gasteiger partial charge in [0.1, 0.15) is 0 Å². The fourth-order valence-electron chi connectivity index (χ4n) is 5.74.